The largest absolute Gasteiger partial charge is 0.494 e. The average molecular weight is 334 g/mol. The van der Waals surface area contributed by atoms with Gasteiger partial charge in [0.15, 0.2) is 5.13 Å². The molecule has 122 valence electrons. The van der Waals surface area contributed by atoms with E-state index in [-0.39, 0.29) is 5.91 Å². The van der Waals surface area contributed by atoms with E-state index < -0.39 is 5.97 Å². The molecule has 0 aliphatic heterocycles. The minimum absolute atomic E-state index is 0.163. The van der Waals surface area contributed by atoms with Gasteiger partial charge in [-0.05, 0) is 31.0 Å². The highest BCUT2D eigenvalue weighted by atomic mass is 32.1. The maximum atomic E-state index is 11.8. The number of carbonyl (C=O) groups is 2. The van der Waals surface area contributed by atoms with Crippen molar-refractivity contribution < 1.29 is 19.1 Å². The molecular weight excluding hydrogens is 316 g/mol. The molecule has 0 saturated heterocycles. The van der Waals surface area contributed by atoms with E-state index in [1.54, 1.807) is 0 Å². The summed E-state index contributed by atoms with van der Waals surface area (Å²) in [4.78, 5) is 27.4. The van der Waals surface area contributed by atoms with Crippen LogP contribution in [0.25, 0.3) is 0 Å². The molecule has 0 fully saturated rings. The lowest BCUT2D eigenvalue weighted by Crippen LogP contribution is -2.12. The van der Waals surface area contributed by atoms with Gasteiger partial charge in [0, 0.05) is 6.42 Å². The number of carbonyl (C=O) groups excluding carboxylic acids is 2. The summed E-state index contributed by atoms with van der Waals surface area (Å²) in [5.41, 5.74) is 1.13. The third-order valence-corrected chi connectivity index (χ3v) is 3.84. The van der Waals surface area contributed by atoms with Gasteiger partial charge < -0.3 is 14.8 Å². The second-order valence-corrected chi connectivity index (χ2v) is 5.87. The zero-order chi connectivity index (χ0) is 16.7. The molecule has 0 unspecified atom stereocenters. The molecule has 1 aromatic heterocycles. The molecule has 2 rings (SSSR count). The van der Waals surface area contributed by atoms with Crippen molar-refractivity contribution in [3.63, 3.8) is 0 Å². The molecule has 2 aromatic rings. The summed E-state index contributed by atoms with van der Waals surface area (Å²) in [5.74, 6) is 0.172. The second kappa shape index (κ2) is 8.28. The van der Waals surface area contributed by atoms with Crippen LogP contribution in [0.5, 0.6) is 5.75 Å². The summed E-state index contributed by atoms with van der Waals surface area (Å²) < 4.78 is 10.2. The van der Waals surface area contributed by atoms with Gasteiger partial charge in [-0.3, -0.25) is 4.79 Å². The predicted octanol–water partition coefficient (Wildman–Crippen LogP) is 3.04. The van der Waals surface area contributed by atoms with Gasteiger partial charge in [-0.25, -0.2) is 9.78 Å². The number of rotatable bonds is 7. The van der Waals surface area contributed by atoms with E-state index in [0.717, 1.165) is 22.6 Å². The minimum Gasteiger partial charge on any atom is -0.494 e. The van der Waals surface area contributed by atoms with Crippen LogP contribution in [0.2, 0.25) is 0 Å². The second-order valence-electron chi connectivity index (χ2n) is 4.84. The van der Waals surface area contributed by atoms with E-state index in [0.29, 0.717) is 29.5 Å². The number of thiazole rings is 1. The van der Waals surface area contributed by atoms with Gasteiger partial charge in [-0.15, -0.1) is 0 Å². The highest BCUT2D eigenvalue weighted by molar-refractivity contribution is 7.17. The van der Waals surface area contributed by atoms with Gasteiger partial charge in [-0.1, -0.05) is 23.5 Å². The number of ether oxygens (including phenoxy) is 2. The number of nitrogens with one attached hydrogen (secondary N) is 1. The Balaban J connectivity index is 1.71. The number of aromatic nitrogens is 1. The fourth-order valence-electron chi connectivity index (χ4n) is 1.84. The van der Waals surface area contributed by atoms with Crippen LogP contribution in [0.15, 0.2) is 30.5 Å². The molecule has 1 amide bonds. The molecule has 6 nitrogen and oxygen atoms in total. The SMILES string of the molecule is COC(=O)c1cnc(NC(=O)CCCOc2cccc(C)c2)s1. The lowest BCUT2D eigenvalue weighted by Gasteiger charge is -2.06. The lowest BCUT2D eigenvalue weighted by molar-refractivity contribution is -0.116. The topological polar surface area (TPSA) is 77.5 Å². The number of hydrogen-bond donors (Lipinski definition) is 1. The Bertz CT molecular complexity index is 684. The van der Waals surface area contributed by atoms with Crippen LogP contribution >= 0.6 is 11.3 Å². The van der Waals surface area contributed by atoms with Crippen molar-refractivity contribution in [1.29, 1.82) is 0 Å². The number of amides is 1. The van der Waals surface area contributed by atoms with Crippen LogP contribution in [0.4, 0.5) is 5.13 Å². The van der Waals surface area contributed by atoms with Crippen molar-refractivity contribution in [3.8, 4) is 5.75 Å². The highest BCUT2D eigenvalue weighted by Gasteiger charge is 2.12. The monoisotopic (exact) mass is 334 g/mol. The van der Waals surface area contributed by atoms with Crippen LogP contribution in [0, 0.1) is 6.92 Å². The zero-order valence-electron chi connectivity index (χ0n) is 13.0. The molecule has 1 aromatic carbocycles. The standard InChI is InChI=1S/C16H18N2O4S/c1-11-5-3-6-12(9-11)22-8-4-7-14(19)18-16-17-10-13(23-16)15(20)21-2/h3,5-6,9-10H,4,7-8H2,1-2H3,(H,17,18,19). The summed E-state index contributed by atoms with van der Waals surface area (Å²) in [6.07, 6.45) is 2.29. The fraction of sp³-hybridized carbons (Fsp3) is 0.312. The maximum Gasteiger partial charge on any atom is 0.349 e. The third kappa shape index (κ3) is 5.37. The molecule has 1 heterocycles. The number of anilines is 1. The van der Waals surface area contributed by atoms with E-state index in [4.69, 9.17) is 4.74 Å². The number of aryl methyl sites for hydroxylation is 1. The Hall–Kier alpha value is -2.41. The smallest absolute Gasteiger partial charge is 0.349 e. The Labute approximate surface area is 138 Å². The van der Waals surface area contributed by atoms with Crippen LogP contribution in [0.1, 0.15) is 28.1 Å². The molecule has 0 radical (unpaired) electrons. The van der Waals surface area contributed by atoms with Crippen molar-refractivity contribution >= 4 is 28.3 Å². The molecule has 1 N–H and O–H groups in total. The first-order valence-electron chi connectivity index (χ1n) is 7.12. The molecule has 7 heteroatoms. The molecule has 0 aliphatic rings. The Morgan fingerprint density at radius 2 is 2.17 bits per heavy atom. The predicted molar refractivity (Wildman–Crippen MR) is 88.0 cm³/mol. The van der Waals surface area contributed by atoms with Crippen LogP contribution in [-0.2, 0) is 9.53 Å². The van der Waals surface area contributed by atoms with E-state index in [2.05, 4.69) is 15.0 Å². The number of benzene rings is 1. The normalized spacial score (nSPS) is 10.2. The minimum atomic E-state index is -0.463. The first kappa shape index (κ1) is 17.0. The first-order valence-corrected chi connectivity index (χ1v) is 7.93. The number of esters is 1. The summed E-state index contributed by atoms with van der Waals surface area (Å²) in [6, 6.07) is 7.76. The van der Waals surface area contributed by atoms with Gasteiger partial charge in [0.2, 0.25) is 5.91 Å². The average Bonchev–Trinajstić information content (AvgIpc) is 2.99. The fourth-order valence-corrected chi connectivity index (χ4v) is 2.59. The van der Waals surface area contributed by atoms with Crippen LogP contribution in [0.3, 0.4) is 0 Å². The maximum absolute atomic E-state index is 11.8. The van der Waals surface area contributed by atoms with Gasteiger partial charge in [0.25, 0.3) is 0 Å². The van der Waals surface area contributed by atoms with Crippen molar-refractivity contribution in [2.75, 3.05) is 19.0 Å². The molecule has 0 aliphatic carbocycles. The molecular formula is C16H18N2O4S. The Morgan fingerprint density at radius 1 is 1.35 bits per heavy atom. The third-order valence-electron chi connectivity index (χ3n) is 2.95. The summed E-state index contributed by atoms with van der Waals surface area (Å²) in [5, 5.41) is 3.04. The van der Waals surface area contributed by atoms with Crippen molar-refractivity contribution in [1.82, 2.24) is 4.98 Å². The van der Waals surface area contributed by atoms with E-state index in [1.165, 1.54) is 13.3 Å². The summed E-state index contributed by atoms with van der Waals surface area (Å²) in [7, 11) is 1.30. The number of nitrogens with zero attached hydrogens (tertiary/aromatic N) is 1. The first-order chi connectivity index (χ1) is 11.1. The molecule has 0 atom stereocenters. The molecule has 23 heavy (non-hydrogen) atoms. The summed E-state index contributed by atoms with van der Waals surface area (Å²) in [6.45, 7) is 2.46. The van der Waals surface area contributed by atoms with Gasteiger partial charge in [-0.2, -0.15) is 0 Å². The van der Waals surface area contributed by atoms with Crippen LogP contribution < -0.4 is 10.1 Å². The molecule has 0 saturated carbocycles. The van der Waals surface area contributed by atoms with Crippen molar-refractivity contribution in [2.24, 2.45) is 0 Å². The van der Waals surface area contributed by atoms with Gasteiger partial charge >= 0.3 is 5.97 Å². The highest BCUT2D eigenvalue weighted by Crippen LogP contribution is 2.19. The molecule has 0 bridgehead atoms. The number of methoxy groups -OCH3 is 1. The lowest BCUT2D eigenvalue weighted by atomic mass is 10.2. The Kier molecular flexibility index (Phi) is 6.10. The van der Waals surface area contributed by atoms with Crippen molar-refractivity contribution in [2.45, 2.75) is 19.8 Å². The van der Waals surface area contributed by atoms with Gasteiger partial charge in [0.1, 0.15) is 10.6 Å². The number of hydrogen-bond acceptors (Lipinski definition) is 6. The zero-order valence-corrected chi connectivity index (χ0v) is 13.8. The Morgan fingerprint density at radius 3 is 2.91 bits per heavy atom. The molecule has 0 spiro atoms. The van der Waals surface area contributed by atoms with Gasteiger partial charge in [0.05, 0.1) is 19.9 Å². The van der Waals surface area contributed by atoms with Crippen LogP contribution in [-0.4, -0.2) is 30.6 Å². The van der Waals surface area contributed by atoms with Crippen molar-refractivity contribution in [3.05, 3.63) is 40.9 Å². The summed E-state index contributed by atoms with van der Waals surface area (Å²) >= 11 is 1.08. The van der Waals surface area contributed by atoms with E-state index in [1.807, 2.05) is 31.2 Å². The quantitative estimate of drug-likeness (QED) is 0.622. The van der Waals surface area contributed by atoms with E-state index in [9.17, 15) is 9.59 Å². The van der Waals surface area contributed by atoms with E-state index >= 15 is 0 Å².